The SMILES string of the molecule is CCOC(=O)C(=NC1c2ccccc2S(=O)(=O)c2ccccc21)C(C)C. The van der Waals surface area contributed by atoms with Crippen molar-refractivity contribution in [2.24, 2.45) is 10.9 Å². The summed E-state index contributed by atoms with van der Waals surface area (Å²) < 4.78 is 31.0. The second-order valence-corrected chi connectivity index (χ2v) is 8.26. The Kier molecular flexibility index (Phi) is 4.96. The maximum absolute atomic E-state index is 13.0. The lowest BCUT2D eigenvalue weighted by Gasteiger charge is -2.26. The van der Waals surface area contributed by atoms with Gasteiger partial charge in [-0.2, -0.15) is 0 Å². The fourth-order valence-electron chi connectivity index (χ4n) is 3.11. The van der Waals surface area contributed by atoms with E-state index in [9.17, 15) is 13.2 Å². The molecule has 0 aliphatic carbocycles. The minimum atomic E-state index is -3.61. The highest BCUT2D eigenvalue weighted by molar-refractivity contribution is 7.91. The summed E-state index contributed by atoms with van der Waals surface area (Å²) in [6, 6.07) is 13.1. The minimum Gasteiger partial charge on any atom is -0.462 e. The van der Waals surface area contributed by atoms with Crippen LogP contribution < -0.4 is 0 Å². The standard InChI is InChI=1S/C20H21NO4S/c1-4-25-20(22)18(13(2)3)21-19-14-9-5-7-11-16(14)26(23,24)17-12-8-6-10-15(17)19/h5-13,19H,4H2,1-3H3. The van der Waals surface area contributed by atoms with Gasteiger partial charge in [0.05, 0.1) is 16.4 Å². The second-order valence-electron chi connectivity index (χ2n) is 6.37. The van der Waals surface area contributed by atoms with Crippen molar-refractivity contribution >= 4 is 21.5 Å². The van der Waals surface area contributed by atoms with Crippen molar-refractivity contribution < 1.29 is 17.9 Å². The van der Waals surface area contributed by atoms with E-state index in [0.717, 1.165) is 0 Å². The van der Waals surface area contributed by atoms with Crippen molar-refractivity contribution in [1.82, 2.24) is 0 Å². The van der Waals surface area contributed by atoms with Gasteiger partial charge in [-0.25, -0.2) is 13.2 Å². The number of hydrogen-bond acceptors (Lipinski definition) is 5. The summed E-state index contributed by atoms with van der Waals surface area (Å²) in [5.41, 5.74) is 1.46. The van der Waals surface area contributed by atoms with Crippen molar-refractivity contribution in [3.8, 4) is 0 Å². The van der Waals surface area contributed by atoms with Crippen LogP contribution in [0.3, 0.4) is 0 Å². The number of carbonyl (C=O) groups is 1. The van der Waals surface area contributed by atoms with Crippen LogP contribution >= 0.6 is 0 Å². The van der Waals surface area contributed by atoms with Crippen LogP contribution in [0.4, 0.5) is 0 Å². The molecule has 26 heavy (non-hydrogen) atoms. The number of aliphatic imine (C=N–C) groups is 1. The molecule has 0 unspecified atom stereocenters. The maximum Gasteiger partial charge on any atom is 0.352 e. The summed E-state index contributed by atoms with van der Waals surface area (Å²) in [6.45, 7) is 5.74. The summed E-state index contributed by atoms with van der Waals surface area (Å²) in [6.07, 6.45) is 0. The van der Waals surface area contributed by atoms with E-state index in [1.165, 1.54) is 0 Å². The minimum absolute atomic E-state index is 0.146. The fourth-order valence-corrected chi connectivity index (χ4v) is 4.84. The molecule has 3 rings (SSSR count). The maximum atomic E-state index is 13.0. The van der Waals surface area contributed by atoms with Gasteiger partial charge in [-0.15, -0.1) is 0 Å². The highest BCUT2D eigenvalue weighted by atomic mass is 32.2. The van der Waals surface area contributed by atoms with Crippen LogP contribution in [0.1, 0.15) is 37.9 Å². The van der Waals surface area contributed by atoms with E-state index in [-0.39, 0.29) is 22.3 Å². The average Bonchev–Trinajstić information content (AvgIpc) is 2.62. The molecule has 2 aromatic carbocycles. The van der Waals surface area contributed by atoms with E-state index in [4.69, 9.17) is 4.74 Å². The first kappa shape index (κ1) is 18.3. The molecule has 1 aliphatic rings. The first-order chi connectivity index (χ1) is 12.4. The Hall–Kier alpha value is -2.47. The number of rotatable bonds is 4. The monoisotopic (exact) mass is 371 g/mol. The van der Waals surface area contributed by atoms with Crippen LogP contribution in [0.25, 0.3) is 0 Å². The lowest BCUT2D eigenvalue weighted by atomic mass is 9.97. The zero-order valence-electron chi connectivity index (χ0n) is 15.0. The smallest absolute Gasteiger partial charge is 0.352 e. The van der Waals surface area contributed by atoms with Gasteiger partial charge < -0.3 is 4.74 Å². The molecule has 0 aromatic heterocycles. The summed E-state index contributed by atoms with van der Waals surface area (Å²) in [5.74, 6) is -0.613. The highest BCUT2D eigenvalue weighted by Gasteiger charge is 2.36. The molecule has 0 bridgehead atoms. The van der Waals surface area contributed by atoms with Crippen molar-refractivity contribution in [2.75, 3.05) is 6.61 Å². The Morgan fingerprint density at radius 1 is 1.04 bits per heavy atom. The largest absolute Gasteiger partial charge is 0.462 e. The van der Waals surface area contributed by atoms with Gasteiger partial charge in [0.1, 0.15) is 11.8 Å². The predicted octanol–water partition coefficient (Wildman–Crippen LogP) is 3.58. The second kappa shape index (κ2) is 7.03. The number of carbonyl (C=O) groups excluding carboxylic acids is 1. The van der Waals surface area contributed by atoms with Gasteiger partial charge in [-0.1, -0.05) is 50.2 Å². The first-order valence-corrected chi connectivity index (χ1v) is 10.0. The molecule has 6 heteroatoms. The summed E-state index contributed by atoms with van der Waals surface area (Å²) in [5, 5.41) is 0. The molecule has 136 valence electrons. The molecule has 0 saturated carbocycles. The number of sulfone groups is 1. The highest BCUT2D eigenvalue weighted by Crippen LogP contribution is 2.42. The number of ether oxygens (including phenoxy) is 1. The Morgan fingerprint density at radius 3 is 2.00 bits per heavy atom. The van der Waals surface area contributed by atoms with Gasteiger partial charge in [0, 0.05) is 17.0 Å². The quantitative estimate of drug-likeness (QED) is 0.608. The molecule has 0 saturated heterocycles. The van der Waals surface area contributed by atoms with Gasteiger partial charge >= 0.3 is 5.97 Å². The molecule has 1 aliphatic heterocycles. The third-order valence-corrected chi connectivity index (χ3v) is 6.21. The Bertz CT molecular complexity index is 923. The number of benzene rings is 2. The third-order valence-electron chi connectivity index (χ3n) is 4.31. The number of hydrogen-bond donors (Lipinski definition) is 0. The summed E-state index contributed by atoms with van der Waals surface area (Å²) in [4.78, 5) is 17.5. The van der Waals surface area contributed by atoms with Crippen molar-refractivity contribution in [2.45, 2.75) is 36.6 Å². The molecule has 0 atom stereocenters. The molecule has 0 fully saturated rings. The lowest BCUT2D eigenvalue weighted by molar-refractivity contribution is -0.135. The van der Waals surface area contributed by atoms with E-state index < -0.39 is 21.8 Å². The Morgan fingerprint density at radius 2 is 1.54 bits per heavy atom. The van der Waals surface area contributed by atoms with Crippen LogP contribution in [0.15, 0.2) is 63.3 Å². The molecule has 2 aromatic rings. The predicted molar refractivity (Wildman–Crippen MR) is 99.1 cm³/mol. The van der Waals surface area contributed by atoms with Gasteiger partial charge in [0.25, 0.3) is 0 Å². The van der Waals surface area contributed by atoms with Crippen molar-refractivity contribution in [1.29, 1.82) is 0 Å². The fraction of sp³-hybridized carbons (Fsp3) is 0.300. The van der Waals surface area contributed by atoms with Gasteiger partial charge in [0.2, 0.25) is 9.84 Å². The van der Waals surface area contributed by atoms with E-state index in [1.54, 1.807) is 55.5 Å². The molecule has 0 N–H and O–H groups in total. The Labute approximate surface area is 153 Å². The van der Waals surface area contributed by atoms with Gasteiger partial charge in [-0.05, 0) is 19.1 Å². The van der Waals surface area contributed by atoms with Crippen molar-refractivity contribution in [3.63, 3.8) is 0 Å². The summed E-state index contributed by atoms with van der Waals surface area (Å²) in [7, 11) is -3.61. The Balaban J connectivity index is 2.26. The molecular formula is C20H21NO4S. The molecule has 1 heterocycles. The number of esters is 1. The van der Waals surface area contributed by atoms with Crippen LogP contribution in [-0.2, 0) is 19.4 Å². The van der Waals surface area contributed by atoms with E-state index >= 15 is 0 Å². The van der Waals surface area contributed by atoms with Crippen molar-refractivity contribution in [3.05, 3.63) is 59.7 Å². The van der Waals surface area contributed by atoms with Crippen LogP contribution in [0, 0.1) is 5.92 Å². The number of fused-ring (bicyclic) bond motifs is 2. The lowest BCUT2D eigenvalue weighted by Crippen LogP contribution is -2.26. The van der Waals surface area contributed by atoms with E-state index in [1.807, 2.05) is 13.8 Å². The first-order valence-electron chi connectivity index (χ1n) is 8.55. The summed E-state index contributed by atoms with van der Waals surface area (Å²) >= 11 is 0. The average molecular weight is 371 g/mol. The topological polar surface area (TPSA) is 72.8 Å². The molecule has 0 amide bonds. The van der Waals surface area contributed by atoms with Gasteiger partial charge in [0.15, 0.2) is 0 Å². The van der Waals surface area contributed by atoms with E-state index in [0.29, 0.717) is 16.8 Å². The zero-order chi connectivity index (χ0) is 18.9. The molecule has 5 nitrogen and oxygen atoms in total. The molecular weight excluding hydrogens is 350 g/mol. The number of nitrogens with zero attached hydrogens (tertiary/aromatic N) is 1. The van der Waals surface area contributed by atoms with Crippen LogP contribution in [0.5, 0.6) is 0 Å². The van der Waals surface area contributed by atoms with Crippen LogP contribution in [-0.4, -0.2) is 26.7 Å². The van der Waals surface area contributed by atoms with Gasteiger partial charge in [-0.3, -0.25) is 4.99 Å². The third kappa shape index (κ3) is 3.05. The molecule has 0 spiro atoms. The molecule has 0 radical (unpaired) electrons. The zero-order valence-corrected chi connectivity index (χ0v) is 15.8. The van der Waals surface area contributed by atoms with Crippen LogP contribution in [0.2, 0.25) is 0 Å². The normalized spacial score (nSPS) is 16.1. The van der Waals surface area contributed by atoms with E-state index in [2.05, 4.69) is 4.99 Å².